The maximum Gasteiger partial charge on any atom is 0.252 e. The van der Waals surface area contributed by atoms with E-state index in [4.69, 9.17) is 4.74 Å². The number of rotatable bonds is 8. The number of thiophene rings is 1. The molecule has 0 bridgehead atoms. The largest absolute Gasteiger partial charge is 0.376 e. The Morgan fingerprint density at radius 2 is 1.93 bits per heavy atom. The highest BCUT2D eigenvalue weighted by atomic mass is 32.2. The van der Waals surface area contributed by atoms with Gasteiger partial charge in [0.15, 0.2) is 5.96 Å². The number of nitrogens with one attached hydrogen (secondary N) is 2. The number of hydrogen-bond acceptors (Lipinski definition) is 5. The van der Waals surface area contributed by atoms with Gasteiger partial charge in [-0.25, -0.2) is 12.7 Å². The van der Waals surface area contributed by atoms with Crippen LogP contribution in [0.3, 0.4) is 0 Å². The predicted octanol–water partition coefficient (Wildman–Crippen LogP) is 2.40. The van der Waals surface area contributed by atoms with Crippen molar-refractivity contribution in [1.82, 2.24) is 14.9 Å². The van der Waals surface area contributed by atoms with Gasteiger partial charge in [0.25, 0.3) is 10.0 Å². The van der Waals surface area contributed by atoms with E-state index < -0.39 is 10.0 Å². The molecular formula is C18H32N4O3S2. The van der Waals surface area contributed by atoms with Crippen LogP contribution in [0, 0.1) is 0 Å². The van der Waals surface area contributed by atoms with E-state index in [2.05, 4.69) is 15.6 Å². The smallest absolute Gasteiger partial charge is 0.252 e. The maximum atomic E-state index is 12.1. The molecule has 0 spiro atoms. The van der Waals surface area contributed by atoms with Gasteiger partial charge < -0.3 is 15.4 Å². The van der Waals surface area contributed by atoms with Gasteiger partial charge in [-0.1, -0.05) is 25.7 Å². The van der Waals surface area contributed by atoms with Crippen molar-refractivity contribution in [3.8, 4) is 0 Å². The van der Waals surface area contributed by atoms with Crippen molar-refractivity contribution < 1.29 is 13.2 Å². The van der Waals surface area contributed by atoms with Crippen molar-refractivity contribution in [3.63, 3.8) is 0 Å². The summed E-state index contributed by atoms with van der Waals surface area (Å²) in [4.78, 5) is 5.14. The monoisotopic (exact) mass is 416 g/mol. The molecule has 2 rings (SSSR count). The summed E-state index contributed by atoms with van der Waals surface area (Å²) in [6.07, 6.45) is 7.94. The van der Waals surface area contributed by atoms with Crippen LogP contribution in [0.5, 0.6) is 0 Å². The molecule has 9 heteroatoms. The van der Waals surface area contributed by atoms with Crippen LogP contribution in [-0.2, 0) is 21.3 Å². The molecule has 1 saturated carbocycles. The molecule has 0 amide bonds. The summed E-state index contributed by atoms with van der Waals surface area (Å²) in [6.45, 7) is 1.88. The fourth-order valence-corrected chi connectivity index (χ4v) is 5.43. The summed E-state index contributed by atoms with van der Waals surface area (Å²) >= 11 is 1.27. The van der Waals surface area contributed by atoms with Crippen molar-refractivity contribution >= 4 is 27.3 Å². The minimum absolute atomic E-state index is 0.351. The van der Waals surface area contributed by atoms with E-state index >= 15 is 0 Å². The molecule has 1 aromatic rings. The molecule has 27 heavy (non-hydrogen) atoms. The molecular weight excluding hydrogens is 384 g/mol. The fourth-order valence-electron chi connectivity index (χ4n) is 2.97. The first-order valence-corrected chi connectivity index (χ1v) is 11.8. The summed E-state index contributed by atoms with van der Waals surface area (Å²) in [5, 5.41) is 6.46. The average molecular weight is 417 g/mol. The molecule has 0 unspecified atom stereocenters. The SMILES string of the molecule is CN=C(NCCOC1CCCCCC1)NCc1ccc(S(=O)(=O)N(C)C)s1. The lowest BCUT2D eigenvalue weighted by molar-refractivity contribution is 0.0468. The second kappa shape index (κ2) is 11.0. The Morgan fingerprint density at radius 1 is 1.22 bits per heavy atom. The Morgan fingerprint density at radius 3 is 2.56 bits per heavy atom. The van der Waals surface area contributed by atoms with E-state index in [-0.39, 0.29) is 0 Å². The fraction of sp³-hybridized carbons (Fsp3) is 0.722. The summed E-state index contributed by atoms with van der Waals surface area (Å²) in [5.74, 6) is 0.685. The molecule has 1 aliphatic carbocycles. The first-order chi connectivity index (χ1) is 12.9. The molecule has 1 aliphatic rings. The number of nitrogens with zero attached hydrogens (tertiary/aromatic N) is 2. The maximum absolute atomic E-state index is 12.1. The summed E-state index contributed by atoms with van der Waals surface area (Å²) < 4.78 is 31.8. The van der Waals surface area contributed by atoms with Crippen molar-refractivity contribution in [2.45, 2.75) is 55.4 Å². The lowest BCUT2D eigenvalue weighted by Crippen LogP contribution is -2.38. The summed E-state index contributed by atoms with van der Waals surface area (Å²) in [6, 6.07) is 3.48. The zero-order chi connectivity index (χ0) is 19.7. The van der Waals surface area contributed by atoms with E-state index in [1.54, 1.807) is 13.1 Å². The Kier molecular flexibility index (Phi) is 9.01. The highest BCUT2D eigenvalue weighted by Crippen LogP contribution is 2.23. The standard InChI is InChI=1S/C18H32N4O3S2/c1-19-18(20-12-13-25-15-8-6-4-5-7-9-15)21-14-16-10-11-17(26-16)27(23,24)22(2)3/h10-11,15H,4-9,12-14H2,1-3H3,(H2,19,20,21). The topological polar surface area (TPSA) is 83.0 Å². The normalized spacial score (nSPS) is 17.1. The van der Waals surface area contributed by atoms with E-state index in [1.165, 1.54) is 68.3 Å². The molecule has 0 radical (unpaired) electrons. The zero-order valence-electron chi connectivity index (χ0n) is 16.5. The predicted molar refractivity (Wildman–Crippen MR) is 111 cm³/mol. The molecule has 1 fully saturated rings. The van der Waals surface area contributed by atoms with Crippen molar-refractivity contribution in [2.24, 2.45) is 4.99 Å². The minimum atomic E-state index is -3.37. The Bertz CT molecular complexity index is 693. The van der Waals surface area contributed by atoms with Crippen LogP contribution >= 0.6 is 11.3 Å². The number of hydrogen-bond donors (Lipinski definition) is 2. The highest BCUT2D eigenvalue weighted by molar-refractivity contribution is 7.91. The molecule has 0 aliphatic heterocycles. The molecule has 0 saturated heterocycles. The third kappa shape index (κ3) is 7.06. The van der Waals surface area contributed by atoms with E-state index in [0.29, 0.717) is 36.0 Å². The van der Waals surface area contributed by atoms with Crippen LogP contribution in [-0.4, -0.2) is 59.1 Å². The Labute approximate surface area is 167 Å². The molecule has 7 nitrogen and oxygen atoms in total. The van der Waals surface area contributed by atoms with Crippen LogP contribution in [0.4, 0.5) is 0 Å². The third-order valence-electron chi connectivity index (χ3n) is 4.58. The Hall–Kier alpha value is -1.16. The molecule has 0 atom stereocenters. The minimum Gasteiger partial charge on any atom is -0.376 e. The molecule has 1 aromatic heterocycles. The highest BCUT2D eigenvalue weighted by Gasteiger charge is 2.19. The van der Waals surface area contributed by atoms with E-state index in [0.717, 1.165) is 4.88 Å². The van der Waals surface area contributed by atoms with Gasteiger partial charge in [-0.05, 0) is 25.0 Å². The van der Waals surface area contributed by atoms with Gasteiger partial charge in [0.05, 0.1) is 19.3 Å². The van der Waals surface area contributed by atoms with Crippen LogP contribution in [0.25, 0.3) is 0 Å². The summed E-state index contributed by atoms with van der Waals surface area (Å²) in [5.41, 5.74) is 0. The third-order valence-corrected chi connectivity index (χ3v) is 7.94. The zero-order valence-corrected chi connectivity index (χ0v) is 18.2. The van der Waals surface area contributed by atoms with E-state index in [9.17, 15) is 8.42 Å². The van der Waals surface area contributed by atoms with E-state index in [1.807, 2.05) is 6.07 Å². The number of aliphatic imine (C=N–C) groups is 1. The van der Waals surface area contributed by atoms with Crippen molar-refractivity contribution in [1.29, 1.82) is 0 Å². The van der Waals surface area contributed by atoms with Gasteiger partial charge in [-0.2, -0.15) is 0 Å². The van der Waals surface area contributed by atoms with Crippen LogP contribution < -0.4 is 10.6 Å². The van der Waals surface area contributed by atoms with Gasteiger partial charge in [0.2, 0.25) is 0 Å². The van der Waals surface area contributed by atoms with Crippen LogP contribution in [0.15, 0.2) is 21.3 Å². The summed E-state index contributed by atoms with van der Waals surface area (Å²) in [7, 11) is 1.43. The first kappa shape index (κ1) is 22.1. The van der Waals surface area contributed by atoms with Gasteiger partial charge in [0, 0.05) is 32.6 Å². The van der Waals surface area contributed by atoms with Gasteiger partial charge in [-0.3, -0.25) is 4.99 Å². The number of guanidine groups is 1. The second-order valence-electron chi connectivity index (χ2n) is 6.85. The van der Waals surface area contributed by atoms with Crippen molar-refractivity contribution in [3.05, 3.63) is 17.0 Å². The average Bonchev–Trinajstić information content (AvgIpc) is 2.98. The quantitative estimate of drug-likeness (QED) is 0.294. The lowest BCUT2D eigenvalue weighted by Gasteiger charge is -2.16. The number of sulfonamides is 1. The van der Waals surface area contributed by atoms with Gasteiger partial charge >= 0.3 is 0 Å². The second-order valence-corrected chi connectivity index (χ2v) is 10.4. The first-order valence-electron chi connectivity index (χ1n) is 9.51. The molecule has 0 aromatic carbocycles. The lowest BCUT2D eigenvalue weighted by atomic mass is 10.1. The van der Waals surface area contributed by atoms with Gasteiger partial charge in [0.1, 0.15) is 4.21 Å². The van der Waals surface area contributed by atoms with Crippen molar-refractivity contribution in [2.75, 3.05) is 34.3 Å². The molecule has 1 heterocycles. The Balaban J connectivity index is 1.72. The number of ether oxygens (including phenoxy) is 1. The van der Waals surface area contributed by atoms with Crippen LogP contribution in [0.1, 0.15) is 43.4 Å². The van der Waals surface area contributed by atoms with Crippen LogP contribution in [0.2, 0.25) is 0 Å². The van der Waals surface area contributed by atoms with Gasteiger partial charge in [-0.15, -0.1) is 11.3 Å². The molecule has 154 valence electrons. The molecule has 2 N–H and O–H groups in total.